The van der Waals surface area contributed by atoms with Gasteiger partial charge in [0.05, 0.1) is 27.0 Å². The standard InChI is InChI=1S/C13H9BrCl2N2O2/c14-6-4-8(15)11(9(16)5-6)18-13(20)7-2-1-3-10(17)12(7)19/h1-5,19H,17H2,(H,18,20). The van der Waals surface area contributed by atoms with Gasteiger partial charge >= 0.3 is 0 Å². The average Bonchev–Trinajstić information content (AvgIpc) is 2.36. The molecule has 2 rings (SSSR count). The Balaban J connectivity index is 2.36. The summed E-state index contributed by atoms with van der Waals surface area (Å²) >= 11 is 15.3. The third-order valence-corrected chi connectivity index (χ3v) is 3.61. The highest BCUT2D eigenvalue weighted by atomic mass is 79.9. The molecule has 0 aromatic heterocycles. The van der Waals surface area contributed by atoms with Crippen molar-refractivity contribution in [3.8, 4) is 5.75 Å². The van der Waals surface area contributed by atoms with Gasteiger partial charge in [-0.3, -0.25) is 4.79 Å². The number of anilines is 2. The minimum Gasteiger partial charge on any atom is -0.505 e. The molecule has 0 heterocycles. The molecule has 7 heteroatoms. The Kier molecular flexibility index (Phi) is 4.42. The lowest BCUT2D eigenvalue weighted by Gasteiger charge is -2.11. The predicted molar refractivity (Wildman–Crippen MR) is 84.6 cm³/mol. The topological polar surface area (TPSA) is 75.4 Å². The van der Waals surface area contributed by atoms with E-state index in [-0.39, 0.29) is 32.7 Å². The van der Waals surface area contributed by atoms with Crippen LogP contribution in [0.25, 0.3) is 0 Å². The highest BCUT2D eigenvalue weighted by Crippen LogP contribution is 2.35. The number of phenolic OH excluding ortho intramolecular Hbond substituents is 1. The molecular weight excluding hydrogens is 367 g/mol. The van der Waals surface area contributed by atoms with Gasteiger partial charge < -0.3 is 16.2 Å². The number of para-hydroxylation sites is 1. The van der Waals surface area contributed by atoms with E-state index in [4.69, 9.17) is 28.9 Å². The van der Waals surface area contributed by atoms with Gasteiger partial charge in [0.15, 0.2) is 5.75 Å². The lowest BCUT2D eigenvalue weighted by Crippen LogP contribution is -2.13. The molecule has 0 aliphatic rings. The number of nitrogens with two attached hydrogens (primary N) is 1. The fraction of sp³-hybridized carbons (Fsp3) is 0. The number of phenols is 1. The van der Waals surface area contributed by atoms with Gasteiger partial charge in [0, 0.05) is 4.47 Å². The van der Waals surface area contributed by atoms with Crippen molar-refractivity contribution in [2.24, 2.45) is 0 Å². The molecule has 2 aromatic carbocycles. The third-order valence-electron chi connectivity index (χ3n) is 2.56. The van der Waals surface area contributed by atoms with Crippen LogP contribution in [-0.4, -0.2) is 11.0 Å². The second kappa shape index (κ2) is 5.91. The van der Waals surface area contributed by atoms with Crippen LogP contribution in [-0.2, 0) is 0 Å². The molecular formula is C13H9BrCl2N2O2. The number of hydrogen-bond acceptors (Lipinski definition) is 3. The zero-order chi connectivity index (χ0) is 14.9. The Morgan fingerprint density at radius 3 is 2.45 bits per heavy atom. The Labute approximate surface area is 133 Å². The highest BCUT2D eigenvalue weighted by molar-refractivity contribution is 9.10. The van der Waals surface area contributed by atoms with E-state index in [1.165, 1.54) is 12.1 Å². The van der Waals surface area contributed by atoms with Crippen molar-refractivity contribution in [2.45, 2.75) is 0 Å². The SMILES string of the molecule is Nc1cccc(C(=O)Nc2c(Cl)cc(Br)cc2Cl)c1O. The van der Waals surface area contributed by atoms with Crippen LogP contribution >= 0.6 is 39.1 Å². The van der Waals surface area contributed by atoms with E-state index in [9.17, 15) is 9.90 Å². The number of carbonyl (C=O) groups is 1. The van der Waals surface area contributed by atoms with E-state index in [0.717, 1.165) is 0 Å². The van der Waals surface area contributed by atoms with Crippen LogP contribution in [0.4, 0.5) is 11.4 Å². The van der Waals surface area contributed by atoms with Gasteiger partial charge in [-0.1, -0.05) is 45.2 Å². The van der Waals surface area contributed by atoms with Crippen LogP contribution in [0, 0.1) is 0 Å². The summed E-state index contributed by atoms with van der Waals surface area (Å²) in [6, 6.07) is 7.70. The lowest BCUT2D eigenvalue weighted by atomic mass is 10.1. The smallest absolute Gasteiger partial charge is 0.259 e. The molecule has 0 fully saturated rings. The Bertz CT molecular complexity index is 669. The molecule has 4 nitrogen and oxygen atoms in total. The van der Waals surface area contributed by atoms with Gasteiger partial charge in [-0.25, -0.2) is 0 Å². The fourth-order valence-corrected chi connectivity index (χ4v) is 2.89. The van der Waals surface area contributed by atoms with E-state index in [1.807, 2.05) is 0 Å². The minimum atomic E-state index is -0.555. The molecule has 4 N–H and O–H groups in total. The molecule has 104 valence electrons. The van der Waals surface area contributed by atoms with Crippen LogP contribution in [0.1, 0.15) is 10.4 Å². The van der Waals surface area contributed by atoms with Gasteiger partial charge in [-0.05, 0) is 24.3 Å². The quantitative estimate of drug-likeness (QED) is 0.541. The van der Waals surface area contributed by atoms with Crippen molar-refractivity contribution in [1.29, 1.82) is 0 Å². The molecule has 0 atom stereocenters. The maximum Gasteiger partial charge on any atom is 0.259 e. The lowest BCUT2D eigenvalue weighted by molar-refractivity contribution is 0.102. The summed E-state index contributed by atoms with van der Waals surface area (Å²) in [5.74, 6) is -0.838. The molecule has 0 unspecified atom stereocenters. The molecule has 0 bridgehead atoms. The van der Waals surface area contributed by atoms with Crippen molar-refractivity contribution < 1.29 is 9.90 Å². The van der Waals surface area contributed by atoms with Gasteiger partial charge in [-0.15, -0.1) is 0 Å². The number of hydrogen-bond donors (Lipinski definition) is 3. The average molecular weight is 376 g/mol. The molecule has 0 saturated carbocycles. The van der Waals surface area contributed by atoms with Crippen molar-refractivity contribution in [3.05, 3.63) is 50.4 Å². The first-order chi connectivity index (χ1) is 9.40. The van der Waals surface area contributed by atoms with Gasteiger partial charge in [-0.2, -0.15) is 0 Å². The molecule has 0 saturated heterocycles. The zero-order valence-corrected chi connectivity index (χ0v) is 13.1. The molecule has 0 aliphatic heterocycles. The number of halogens is 3. The largest absolute Gasteiger partial charge is 0.505 e. The van der Waals surface area contributed by atoms with Crippen molar-refractivity contribution in [3.63, 3.8) is 0 Å². The Morgan fingerprint density at radius 2 is 1.85 bits per heavy atom. The summed E-state index contributed by atoms with van der Waals surface area (Å²) in [6.07, 6.45) is 0. The van der Waals surface area contributed by atoms with E-state index in [0.29, 0.717) is 4.47 Å². The molecule has 0 aliphatic carbocycles. The minimum absolute atomic E-state index is 0.0417. The van der Waals surface area contributed by atoms with Crippen molar-refractivity contribution in [2.75, 3.05) is 11.1 Å². The van der Waals surface area contributed by atoms with Crippen LogP contribution in [0.3, 0.4) is 0 Å². The van der Waals surface area contributed by atoms with E-state index >= 15 is 0 Å². The van der Waals surface area contributed by atoms with Gasteiger partial charge in [0.2, 0.25) is 0 Å². The van der Waals surface area contributed by atoms with Crippen molar-refractivity contribution in [1.82, 2.24) is 0 Å². The number of amides is 1. The van der Waals surface area contributed by atoms with Gasteiger partial charge in [0.25, 0.3) is 5.91 Å². The molecule has 0 spiro atoms. The number of nitrogens with one attached hydrogen (secondary N) is 1. The highest BCUT2D eigenvalue weighted by Gasteiger charge is 2.16. The normalized spacial score (nSPS) is 10.3. The monoisotopic (exact) mass is 374 g/mol. The van der Waals surface area contributed by atoms with E-state index in [1.54, 1.807) is 18.2 Å². The number of benzene rings is 2. The fourth-order valence-electron chi connectivity index (χ4n) is 1.59. The number of nitrogen functional groups attached to an aromatic ring is 1. The first kappa shape index (κ1) is 15.0. The van der Waals surface area contributed by atoms with Crippen LogP contribution in [0.5, 0.6) is 5.75 Å². The van der Waals surface area contributed by atoms with Crippen LogP contribution < -0.4 is 11.1 Å². The Hall–Kier alpha value is -1.43. The second-order valence-corrected chi connectivity index (χ2v) is 5.67. The maximum absolute atomic E-state index is 12.1. The molecule has 20 heavy (non-hydrogen) atoms. The van der Waals surface area contributed by atoms with Crippen LogP contribution in [0.2, 0.25) is 10.0 Å². The summed E-state index contributed by atoms with van der Waals surface area (Å²) in [5, 5.41) is 12.9. The third kappa shape index (κ3) is 3.00. The first-order valence-corrected chi connectivity index (χ1v) is 6.98. The summed E-state index contributed by atoms with van der Waals surface area (Å²) in [7, 11) is 0. The summed E-state index contributed by atoms with van der Waals surface area (Å²) in [6.45, 7) is 0. The second-order valence-electron chi connectivity index (χ2n) is 3.94. The van der Waals surface area contributed by atoms with Crippen molar-refractivity contribution >= 4 is 56.4 Å². The van der Waals surface area contributed by atoms with Gasteiger partial charge in [0.1, 0.15) is 0 Å². The predicted octanol–water partition coefficient (Wildman–Crippen LogP) is 4.30. The van der Waals surface area contributed by atoms with E-state index < -0.39 is 5.91 Å². The molecule has 1 amide bonds. The van der Waals surface area contributed by atoms with Crippen LogP contribution in [0.15, 0.2) is 34.8 Å². The maximum atomic E-state index is 12.1. The molecule has 0 radical (unpaired) electrons. The first-order valence-electron chi connectivity index (χ1n) is 5.43. The zero-order valence-electron chi connectivity index (χ0n) is 9.95. The molecule has 2 aromatic rings. The van der Waals surface area contributed by atoms with E-state index in [2.05, 4.69) is 21.2 Å². The summed E-state index contributed by atoms with van der Waals surface area (Å²) in [5.41, 5.74) is 5.97. The number of rotatable bonds is 2. The number of carbonyl (C=O) groups excluding carboxylic acids is 1. The summed E-state index contributed by atoms with van der Waals surface area (Å²) < 4.78 is 0.692. The Morgan fingerprint density at radius 1 is 1.25 bits per heavy atom. The number of aromatic hydroxyl groups is 1. The summed E-state index contributed by atoms with van der Waals surface area (Å²) in [4.78, 5) is 12.1.